The Bertz CT molecular complexity index is 593. The van der Waals surface area contributed by atoms with E-state index in [1.165, 1.54) is 24.0 Å². The van der Waals surface area contributed by atoms with E-state index in [1.54, 1.807) is 0 Å². The van der Waals surface area contributed by atoms with E-state index in [0.29, 0.717) is 26.1 Å². The number of hydrogen-bond acceptors (Lipinski definition) is 3. The molecule has 0 spiro atoms. The molecule has 2 saturated heterocycles. The fraction of sp³-hybridized carbons (Fsp3) is 0.600. The Labute approximate surface area is 150 Å². The zero-order valence-electron chi connectivity index (χ0n) is 15.2. The lowest BCUT2D eigenvalue weighted by molar-refractivity contribution is -0.129. The molecule has 0 bridgehead atoms. The van der Waals surface area contributed by atoms with Crippen LogP contribution in [-0.4, -0.2) is 60.9 Å². The lowest BCUT2D eigenvalue weighted by atomic mass is 10.1. The topological polar surface area (TPSA) is 52.7 Å². The summed E-state index contributed by atoms with van der Waals surface area (Å²) in [6.07, 6.45) is 3.72. The molecule has 0 unspecified atom stereocenters. The molecular formula is C20H29N3O2. The van der Waals surface area contributed by atoms with E-state index in [4.69, 9.17) is 0 Å². The summed E-state index contributed by atoms with van der Waals surface area (Å²) in [7, 11) is 0. The second-order valence-electron chi connectivity index (χ2n) is 7.32. The minimum Gasteiger partial charge on any atom is -0.355 e. The Morgan fingerprint density at radius 3 is 2.60 bits per heavy atom. The molecule has 5 heteroatoms. The second-order valence-corrected chi connectivity index (χ2v) is 7.32. The number of likely N-dealkylation sites (tertiary alicyclic amines) is 2. The maximum atomic E-state index is 12.3. The van der Waals surface area contributed by atoms with E-state index >= 15 is 0 Å². The molecule has 1 aromatic rings. The van der Waals surface area contributed by atoms with Gasteiger partial charge >= 0.3 is 0 Å². The van der Waals surface area contributed by atoms with E-state index in [1.807, 2.05) is 4.90 Å². The molecule has 1 N–H and O–H groups in total. The molecule has 2 aliphatic heterocycles. The van der Waals surface area contributed by atoms with E-state index in [2.05, 4.69) is 41.4 Å². The maximum absolute atomic E-state index is 12.3. The first kappa shape index (κ1) is 17.9. The van der Waals surface area contributed by atoms with Crippen molar-refractivity contribution >= 4 is 11.8 Å². The number of amides is 2. The number of benzene rings is 1. The zero-order chi connectivity index (χ0) is 17.6. The highest BCUT2D eigenvalue weighted by molar-refractivity contribution is 5.89. The summed E-state index contributed by atoms with van der Waals surface area (Å²) in [5.41, 5.74) is 2.48. The molecule has 1 atom stereocenters. The highest BCUT2D eigenvalue weighted by atomic mass is 16.2. The van der Waals surface area contributed by atoms with Crippen LogP contribution in [-0.2, 0) is 16.0 Å². The van der Waals surface area contributed by atoms with Crippen LogP contribution in [0, 0.1) is 12.8 Å². The number of nitrogens with one attached hydrogen (secondary N) is 1. The average Bonchev–Trinajstić information content (AvgIpc) is 3.24. The number of carbonyl (C=O) groups is 2. The molecule has 1 aromatic carbocycles. The van der Waals surface area contributed by atoms with Gasteiger partial charge < -0.3 is 15.1 Å². The van der Waals surface area contributed by atoms with Crippen LogP contribution in [0.25, 0.3) is 0 Å². The van der Waals surface area contributed by atoms with Crippen LogP contribution in [0.3, 0.4) is 0 Å². The van der Waals surface area contributed by atoms with Crippen LogP contribution in [0.1, 0.15) is 30.4 Å². The number of carbonyl (C=O) groups excluding carboxylic acids is 2. The third-order valence-electron chi connectivity index (χ3n) is 5.30. The summed E-state index contributed by atoms with van der Waals surface area (Å²) in [5.74, 6) is -0.0544. The summed E-state index contributed by atoms with van der Waals surface area (Å²) >= 11 is 0. The van der Waals surface area contributed by atoms with Crippen molar-refractivity contribution in [2.24, 2.45) is 5.92 Å². The summed E-state index contributed by atoms with van der Waals surface area (Å²) in [5, 5.41) is 3.01. The van der Waals surface area contributed by atoms with Crippen molar-refractivity contribution < 1.29 is 9.59 Å². The quantitative estimate of drug-likeness (QED) is 0.818. The normalized spacial score (nSPS) is 21.1. The molecule has 136 valence electrons. The summed E-state index contributed by atoms with van der Waals surface area (Å²) < 4.78 is 0. The molecule has 5 nitrogen and oxygen atoms in total. The molecule has 0 radical (unpaired) electrons. The van der Waals surface area contributed by atoms with Crippen molar-refractivity contribution in [2.45, 2.75) is 32.6 Å². The van der Waals surface area contributed by atoms with Gasteiger partial charge in [-0.1, -0.05) is 29.8 Å². The molecule has 25 heavy (non-hydrogen) atoms. The monoisotopic (exact) mass is 343 g/mol. The van der Waals surface area contributed by atoms with Gasteiger partial charge in [-0.25, -0.2) is 0 Å². The van der Waals surface area contributed by atoms with Gasteiger partial charge in [-0.2, -0.15) is 0 Å². The van der Waals surface area contributed by atoms with Gasteiger partial charge in [0.2, 0.25) is 11.8 Å². The predicted molar refractivity (Wildman–Crippen MR) is 98.3 cm³/mol. The summed E-state index contributed by atoms with van der Waals surface area (Å²) in [6, 6.07) is 8.41. The van der Waals surface area contributed by atoms with Crippen molar-refractivity contribution in [3.05, 3.63) is 35.4 Å². The molecule has 0 aromatic heterocycles. The third-order valence-corrected chi connectivity index (χ3v) is 5.30. The number of rotatable bonds is 7. The molecule has 2 heterocycles. The van der Waals surface area contributed by atoms with Gasteiger partial charge in [0.15, 0.2) is 0 Å². The molecule has 0 saturated carbocycles. The van der Waals surface area contributed by atoms with Gasteiger partial charge in [-0.15, -0.1) is 0 Å². The van der Waals surface area contributed by atoms with Gasteiger partial charge in [0.1, 0.15) is 0 Å². The fourth-order valence-electron chi connectivity index (χ4n) is 3.67. The lowest BCUT2D eigenvalue weighted by Crippen LogP contribution is -2.38. The highest BCUT2D eigenvalue weighted by Gasteiger charge is 2.33. The standard InChI is InChI=1S/C20H29N3O2/c1-16-4-6-17(7-5-16)8-12-23-15-18(14-19(23)24)20(25)21-9-13-22-10-2-3-11-22/h4-7,18H,2-3,8-15H2,1H3,(H,21,25)/t18-/m0/s1. The Kier molecular flexibility index (Phi) is 6.08. The Morgan fingerprint density at radius 1 is 1.16 bits per heavy atom. The van der Waals surface area contributed by atoms with Crippen LogP contribution >= 0.6 is 0 Å². The molecule has 3 rings (SSSR count). The average molecular weight is 343 g/mol. The summed E-state index contributed by atoms with van der Waals surface area (Å²) in [4.78, 5) is 28.7. The smallest absolute Gasteiger partial charge is 0.225 e. The van der Waals surface area contributed by atoms with E-state index < -0.39 is 0 Å². The first-order valence-corrected chi connectivity index (χ1v) is 9.45. The lowest BCUT2D eigenvalue weighted by Gasteiger charge is -2.18. The van der Waals surface area contributed by atoms with Gasteiger partial charge in [0, 0.05) is 32.6 Å². The van der Waals surface area contributed by atoms with E-state index in [0.717, 1.165) is 26.1 Å². The number of hydrogen-bond donors (Lipinski definition) is 1. The van der Waals surface area contributed by atoms with Gasteiger partial charge in [-0.05, 0) is 44.8 Å². The molecule has 2 aliphatic rings. The first-order valence-electron chi connectivity index (χ1n) is 9.45. The Balaban J connectivity index is 1.40. The van der Waals surface area contributed by atoms with Crippen LogP contribution in [0.4, 0.5) is 0 Å². The van der Waals surface area contributed by atoms with Gasteiger partial charge in [0.05, 0.1) is 5.92 Å². The number of nitrogens with zero attached hydrogens (tertiary/aromatic N) is 2. The van der Waals surface area contributed by atoms with E-state index in [-0.39, 0.29) is 17.7 Å². The summed E-state index contributed by atoms with van der Waals surface area (Å²) in [6.45, 7) is 7.21. The molecule has 2 fully saturated rings. The Morgan fingerprint density at radius 2 is 1.88 bits per heavy atom. The van der Waals surface area contributed by atoms with Crippen molar-refractivity contribution in [1.29, 1.82) is 0 Å². The molecule has 2 amide bonds. The number of aryl methyl sites for hydroxylation is 1. The van der Waals surface area contributed by atoms with Crippen molar-refractivity contribution in [3.8, 4) is 0 Å². The first-order chi connectivity index (χ1) is 12.1. The molecular weight excluding hydrogens is 314 g/mol. The molecule has 0 aliphatic carbocycles. The highest BCUT2D eigenvalue weighted by Crippen LogP contribution is 2.18. The van der Waals surface area contributed by atoms with Gasteiger partial charge in [0.25, 0.3) is 0 Å². The predicted octanol–water partition coefficient (Wildman–Crippen LogP) is 1.60. The van der Waals surface area contributed by atoms with Crippen molar-refractivity contribution in [3.63, 3.8) is 0 Å². The minimum atomic E-state index is -0.191. The van der Waals surface area contributed by atoms with Crippen LogP contribution in [0.5, 0.6) is 0 Å². The Hall–Kier alpha value is -1.88. The van der Waals surface area contributed by atoms with E-state index in [9.17, 15) is 9.59 Å². The SMILES string of the molecule is Cc1ccc(CCN2C[C@@H](C(=O)NCCN3CCCC3)CC2=O)cc1. The second kappa shape index (κ2) is 8.48. The van der Waals surface area contributed by atoms with Crippen molar-refractivity contribution in [2.75, 3.05) is 39.3 Å². The maximum Gasteiger partial charge on any atom is 0.225 e. The van der Waals surface area contributed by atoms with Crippen LogP contribution in [0.2, 0.25) is 0 Å². The van der Waals surface area contributed by atoms with Crippen molar-refractivity contribution in [1.82, 2.24) is 15.1 Å². The zero-order valence-corrected chi connectivity index (χ0v) is 15.2. The van der Waals surface area contributed by atoms with Crippen LogP contribution in [0.15, 0.2) is 24.3 Å². The third kappa shape index (κ3) is 5.05. The van der Waals surface area contributed by atoms with Crippen LogP contribution < -0.4 is 5.32 Å². The van der Waals surface area contributed by atoms with Gasteiger partial charge in [-0.3, -0.25) is 9.59 Å². The fourth-order valence-corrected chi connectivity index (χ4v) is 3.67. The minimum absolute atomic E-state index is 0.0328. The largest absolute Gasteiger partial charge is 0.355 e.